The van der Waals surface area contributed by atoms with E-state index in [0.717, 1.165) is 23.5 Å². The zero-order chi connectivity index (χ0) is 11.8. The number of thiazole rings is 1. The van der Waals surface area contributed by atoms with Gasteiger partial charge < -0.3 is 5.73 Å². The molecular weight excluding hydrogens is 230 g/mol. The Labute approximate surface area is 104 Å². The van der Waals surface area contributed by atoms with Crippen LogP contribution in [0.3, 0.4) is 0 Å². The summed E-state index contributed by atoms with van der Waals surface area (Å²) in [4.78, 5) is 5.53. The fraction of sp³-hybridized carbons (Fsp3) is 0.154. The fourth-order valence-electron chi connectivity index (χ4n) is 2.03. The number of nitrogens with two attached hydrogens (primary N) is 1. The highest BCUT2D eigenvalue weighted by atomic mass is 32.1. The van der Waals surface area contributed by atoms with Gasteiger partial charge in [0.1, 0.15) is 10.6 Å². The van der Waals surface area contributed by atoms with Crippen LogP contribution >= 0.6 is 11.3 Å². The van der Waals surface area contributed by atoms with Crippen molar-refractivity contribution in [2.45, 2.75) is 13.3 Å². The van der Waals surface area contributed by atoms with Crippen LogP contribution in [0.2, 0.25) is 0 Å². The van der Waals surface area contributed by atoms with Gasteiger partial charge in [0, 0.05) is 22.8 Å². The first kappa shape index (κ1) is 10.4. The molecule has 86 valence electrons. The van der Waals surface area contributed by atoms with E-state index in [9.17, 15) is 0 Å². The van der Waals surface area contributed by atoms with E-state index in [2.05, 4.69) is 27.8 Å². The van der Waals surface area contributed by atoms with Gasteiger partial charge in [-0.25, -0.2) is 0 Å². The van der Waals surface area contributed by atoms with E-state index in [1.807, 2.05) is 18.2 Å². The van der Waals surface area contributed by atoms with Gasteiger partial charge in [0.15, 0.2) is 0 Å². The van der Waals surface area contributed by atoms with E-state index in [1.54, 1.807) is 17.5 Å². The van der Waals surface area contributed by atoms with Crippen molar-refractivity contribution in [3.8, 4) is 11.3 Å². The van der Waals surface area contributed by atoms with E-state index in [-0.39, 0.29) is 0 Å². The van der Waals surface area contributed by atoms with Crippen molar-refractivity contribution in [1.82, 2.24) is 9.38 Å². The number of aryl methyl sites for hydroxylation is 1. The molecule has 0 bridgehead atoms. The Hall–Kier alpha value is -1.81. The van der Waals surface area contributed by atoms with Gasteiger partial charge in [0.2, 0.25) is 0 Å². The molecule has 3 rings (SSSR count). The van der Waals surface area contributed by atoms with Crippen LogP contribution in [0.5, 0.6) is 0 Å². The molecule has 0 amide bonds. The third kappa shape index (κ3) is 1.52. The minimum Gasteiger partial charge on any atom is -0.384 e. The second kappa shape index (κ2) is 3.89. The molecule has 0 radical (unpaired) electrons. The summed E-state index contributed by atoms with van der Waals surface area (Å²) in [5.41, 5.74) is 9.43. The lowest BCUT2D eigenvalue weighted by atomic mass is 10.2. The van der Waals surface area contributed by atoms with Gasteiger partial charge in [-0.2, -0.15) is 0 Å². The minimum atomic E-state index is 0.789. The van der Waals surface area contributed by atoms with Gasteiger partial charge in [-0.3, -0.25) is 9.38 Å². The van der Waals surface area contributed by atoms with Crippen molar-refractivity contribution in [3.63, 3.8) is 0 Å². The molecule has 4 heteroatoms. The van der Waals surface area contributed by atoms with E-state index in [1.165, 1.54) is 10.5 Å². The highest BCUT2D eigenvalue weighted by Crippen LogP contribution is 2.32. The lowest BCUT2D eigenvalue weighted by Crippen LogP contribution is -1.97. The minimum absolute atomic E-state index is 0.789. The van der Waals surface area contributed by atoms with Gasteiger partial charge in [-0.15, -0.1) is 11.3 Å². The molecule has 3 heterocycles. The van der Waals surface area contributed by atoms with E-state index >= 15 is 0 Å². The highest BCUT2D eigenvalue weighted by Gasteiger charge is 2.13. The smallest absolute Gasteiger partial charge is 0.118 e. The summed E-state index contributed by atoms with van der Waals surface area (Å²) < 4.78 is 2.12. The number of nitrogens with zero attached hydrogens (tertiary/aromatic N) is 2. The van der Waals surface area contributed by atoms with E-state index in [0.29, 0.717) is 0 Å². The summed E-state index contributed by atoms with van der Waals surface area (Å²) in [6, 6.07) is 7.99. The summed E-state index contributed by atoms with van der Waals surface area (Å²) in [6.45, 7) is 2.14. The number of aromatic nitrogens is 2. The molecule has 0 atom stereocenters. The summed E-state index contributed by atoms with van der Waals surface area (Å²) in [5.74, 6) is 0.789. The largest absolute Gasteiger partial charge is 0.384 e. The normalized spacial score (nSPS) is 11.1. The van der Waals surface area contributed by atoms with Crippen LogP contribution in [0.4, 0.5) is 5.82 Å². The number of pyridine rings is 1. The van der Waals surface area contributed by atoms with Crippen LogP contribution < -0.4 is 5.73 Å². The van der Waals surface area contributed by atoms with E-state index < -0.39 is 0 Å². The van der Waals surface area contributed by atoms with E-state index in [4.69, 9.17) is 5.73 Å². The number of rotatable bonds is 2. The van der Waals surface area contributed by atoms with Crippen LogP contribution in [0.15, 0.2) is 35.8 Å². The van der Waals surface area contributed by atoms with Crippen LogP contribution in [0.1, 0.15) is 12.6 Å². The van der Waals surface area contributed by atoms with Crippen molar-refractivity contribution >= 4 is 22.0 Å². The number of nitrogen functional groups attached to an aromatic ring is 1. The molecule has 0 aromatic carbocycles. The maximum absolute atomic E-state index is 6.22. The molecule has 0 spiro atoms. The first-order chi connectivity index (χ1) is 8.31. The average Bonchev–Trinajstić information content (AvgIpc) is 2.91. The van der Waals surface area contributed by atoms with Crippen molar-refractivity contribution < 1.29 is 0 Å². The number of fused-ring (bicyclic) bond motifs is 1. The molecular formula is C13H13N3S. The van der Waals surface area contributed by atoms with Crippen LogP contribution in [-0.2, 0) is 6.42 Å². The van der Waals surface area contributed by atoms with Crippen molar-refractivity contribution in [2.24, 2.45) is 0 Å². The summed E-state index contributed by atoms with van der Waals surface area (Å²) >= 11 is 1.72. The third-order valence-electron chi connectivity index (χ3n) is 2.91. The van der Waals surface area contributed by atoms with Crippen LogP contribution in [-0.4, -0.2) is 9.38 Å². The monoisotopic (exact) mass is 243 g/mol. The Kier molecular flexibility index (Phi) is 2.37. The Bertz CT molecular complexity index is 652. The SMILES string of the molecule is CCc1csc2cc(-c3ccccn3)c(N)n12. The predicted octanol–water partition coefficient (Wildman–Crippen LogP) is 3.21. The second-order valence-electron chi connectivity index (χ2n) is 3.91. The lowest BCUT2D eigenvalue weighted by Gasteiger charge is -2.01. The van der Waals surface area contributed by atoms with Gasteiger partial charge in [-0.1, -0.05) is 13.0 Å². The maximum Gasteiger partial charge on any atom is 0.118 e. The Morgan fingerprint density at radius 3 is 3.00 bits per heavy atom. The van der Waals surface area contributed by atoms with Crippen molar-refractivity contribution in [2.75, 3.05) is 5.73 Å². The van der Waals surface area contributed by atoms with Gasteiger partial charge in [-0.05, 0) is 24.6 Å². The molecule has 0 aliphatic carbocycles. The van der Waals surface area contributed by atoms with Crippen molar-refractivity contribution in [1.29, 1.82) is 0 Å². The van der Waals surface area contributed by atoms with Crippen molar-refractivity contribution in [3.05, 3.63) is 41.5 Å². The molecule has 0 fully saturated rings. The highest BCUT2D eigenvalue weighted by molar-refractivity contribution is 7.15. The molecule has 0 aliphatic rings. The zero-order valence-corrected chi connectivity index (χ0v) is 10.4. The first-order valence-electron chi connectivity index (χ1n) is 5.60. The van der Waals surface area contributed by atoms with Crippen LogP contribution in [0, 0.1) is 0 Å². The first-order valence-corrected chi connectivity index (χ1v) is 6.48. The molecule has 2 N–H and O–H groups in total. The molecule has 3 aromatic heterocycles. The molecule has 0 saturated carbocycles. The Balaban J connectivity index is 2.25. The zero-order valence-electron chi connectivity index (χ0n) is 9.55. The maximum atomic E-state index is 6.22. The summed E-state index contributed by atoms with van der Waals surface area (Å²) in [5, 5.41) is 2.16. The number of hydrogen-bond acceptors (Lipinski definition) is 3. The Morgan fingerprint density at radius 1 is 1.41 bits per heavy atom. The molecule has 0 unspecified atom stereocenters. The molecule has 0 aliphatic heterocycles. The van der Waals surface area contributed by atoms with Gasteiger partial charge >= 0.3 is 0 Å². The summed E-state index contributed by atoms with van der Waals surface area (Å²) in [7, 11) is 0. The average molecular weight is 243 g/mol. The second-order valence-corrected chi connectivity index (χ2v) is 4.80. The predicted molar refractivity (Wildman–Crippen MR) is 72.3 cm³/mol. The summed E-state index contributed by atoms with van der Waals surface area (Å²) in [6.07, 6.45) is 2.78. The quantitative estimate of drug-likeness (QED) is 0.751. The third-order valence-corrected chi connectivity index (χ3v) is 3.84. The topological polar surface area (TPSA) is 43.3 Å². The number of anilines is 1. The molecule has 3 nitrogen and oxygen atoms in total. The molecule has 3 aromatic rings. The molecule has 0 saturated heterocycles. The standard InChI is InChI=1S/C13H13N3S/c1-2-9-8-17-12-7-10(13(14)16(9)12)11-5-3-4-6-15-11/h3-8H,2,14H2,1H3. The van der Waals surface area contributed by atoms with Gasteiger partial charge in [0.25, 0.3) is 0 Å². The van der Waals surface area contributed by atoms with Crippen LogP contribution in [0.25, 0.3) is 16.1 Å². The fourth-order valence-corrected chi connectivity index (χ4v) is 3.07. The number of hydrogen-bond donors (Lipinski definition) is 1. The lowest BCUT2D eigenvalue weighted by molar-refractivity contribution is 1.01. The molecule has 17 heavy (non-hydrogen) atoms. The Morgan fingerprint density at radius 2 is 2.29 bits per heavy atom. The van der Waals surface area contributed by atoms with Gasteiger partial charge in [0.05, 0.1) is 5.69 Å².